The van der Waals surface area contributed by atoms with Gasteiger partial charge in [-0.1, -0.05) is 18.2 Å². The van der Waals surface area contributed by atoms with Crippen molar-refractivity contribution in [3.05, 3.63) is 79.1 Å². The SMILES string of the molecule is c1ccc(Oc2ccc(N3CCN(c4ccncc4)CC3)cc2)cc1. The van der Waals surface area contributed by atoms with Crippen molar-refractivity contribution in [3.63, 3.8) is 0 Å². The zero-order valence-corrected chi connectivity index (χ0v) is 14.1. The number of anilines is 2. The molecular formula is C21H21N3O. The predicted octanol–water partition coefficient (Wildman–Crippen LogP) is 4.20. The van der Waals surface area contributed by atoms with Crippen molar-refractivity contribution in [3.8, 4) is 11.5 Å². The molecule has 1 saturated heterocycles. The Morgan fingerprint density at radius 3 is 1.72 bits per heavy atom. The summed E-state index contributed by atoms with van der Waals surface area (Å²) in [5.74, 6) is 1.73. The van der Waals surface area contributed by atoms with Gasteiger partial charge >= 0.3 is 0 Å². The Morgan fingerprint density at radius 1 is 0.600 bits per heavy atom. The predicted molar refractivity (Wildman–Crippen MR) is 102 cm³/mol. The van der Waals surface area contributed by atoms with Crippen LogP contribution < -0.4 is 14.5 Å². The fourth-order valence-corrected chi connectivity index (χ4v) is 3.13. The summed E-state index contributed by atoms with van der Waals surface area (Å²) in [7, 11) is 0. The molecule has 2 heterocycles. The molecule has 1 aliphatic rings. The van der Waals surface area contributed by atoms with E-state index in [1.54, 1.807) is 0 Å². The van der Waals surface area contributed by atoms with E-state index < -0.39 is 0 Å². The van der Waals surface area contributed by atoms with Gasteiger partial charge in [0.1, 0.15) is 11.5 Å². The molecule has 1 aromatic heterocycles. The molecule has 0 bridgehead atoms. The van der Waals surface area contributed by atoms with E-state index in [2.05, 4.69) is 39.0 Å². The van der Waals surface area contributed by atoms with Gasteiger partial charge in [-0.15, -0.1) is 0 Å². The smallest absolute Gasteiger partial charge is 0.127 e. The molecule has 1 fully saturated rings. The van der Waals surface area contributed by atoms with Crippen molar-refractivity contribution >= 4 is 11.4 Å². The largest absolute Gasteiger partial charge is 0.457 e. The van der Waals surface area contributed by atoms with E-state index >= 15 is 0 Å². The monoisotopic (exact) mass is 331 g/mol. The number of rotatable bonds is 4. The Bertz CT molecular complexity index is 782. The highest BCUT2D eigenvalue weighted by atomic mass is 16.5. The quantitative estimate of drug-likeness (QED) is 0.716. The normalized spacial score (nSPS) is 14.4. The van der Waals surface area contributed by atoms with Crippen molar-refractivity contribution in [2.75, 3.05) is 36.0 Å². The van der Waals surface area contributed by atoms with Gasteiger partial charge < -0.3 is 14.5 Å². The summed E-state index contributed by atoms with van der Waals surface area (Å²) in [6, 6.07) is 22.4. The molecule has 4 heteroatoms. The van der Waals surface area contributed by atoms with Crippen LogP contribution in [0, 0.1) is 0 Å². The summed E-state index contributed by atoms with van der Waals surface area (Å²) in [6.45, 7) is 4.07. The Morgan fingerprint density at radius 2 is 1.12 bits per heavy atom. The molecule has 0 saturated carbocycles. The first-order valence-electron chi connectivity index (χ1n) is 8.61. The van der Waals surface area contributed by atoms with Gasteiger partial charge in [-0.25, -0.2) is 0 Å². The molecule has 2 aromatic carbocycles. The first-order valence-corrected chi connectivity index (χ1v) is 8.61. The van der Waals surface area contributed by atoms with Crippen molar-refractivity contribution in [2.45, 2.75) is 0 Å². The summed E-state index contributed by atoms with van der Waals surface area (Å²) < 4.78 is 5.86. The molecule has 0 atom stereocenters. The van der Waals surface area contributed by atoms with Gasteiger partial charge in [0.2, 0.25) is 0 Å². The number of benzene rings is 2. The second-order valence-corrected chi connectivity index (χ2v) is 6.09. The van der Waals surface area contributed by atoms with Crippen LogP contribution in [0.5, 0.6) is 11.5 Å². The fourth-order valence-electron chi connectivity index (χ4n) is 3.13. The molecule has 0 amide bonds. The summed E-state index contributed by atoms with van der Waals surface area (Å²) >= 11 is 0. The van der Waals surface area contributed by atoms with Crippen LogP contribution in [0.3, 0.4) is 0 Å². The van der Waals surface area contributed by atoms with E-state index in [0.29, 0.717) is 0 Å². The maximum absolute atomic E-state index is 5.86. The highest BCUT2D eigenvalue weighted by Gasteiger charge is 2.17. The van der Waals surface area contributed by atoms with E-state index in [9.17, 15) is 0 Å². The Labute approximate surface area is 148 Å². The van der Waals surface area contributed by atoms with E-state index in [-0.39, 0.29) is 0 Å². The average Bonchev–Trinajstić information content (AvgIpc) is 2.70. The van der Waals surface area contributed by atoms with Gasteiger partial charge in [-0.3, -0.25) is 4.98 Å². The Balaban J connectivity index is 1.37. The number of nitrogens with zero attached hydrogens (tertiary/aromatic N) is 3. The van der Waals surface area contributed by atoms with Crippen molar-refractivity contribution < 1.29 is 4.74 Å². The van der Waals surface area contributed by atoms with Crippen LogP contribution in [0.15, 0.2) is 79.1 Å². The number of para-hydroxylation sites is 1. The number of ether oxygens (including phenoxy) is 1. The first-order chi connectivity index (χ1) is 12.4. The summed E-state index contributed by atoms with van der Waals surface area (Å²) in [4.78, 5) is 8.92. The Kier molecular flexibility index (Phi) is 4.51. The van der Waals surface area contributed by atoms with Gasteiger partial charge in [0, 0.05) is 49.9 Å². The van der Waals surface area contributed by atoms with Crippen molar-refractivity contribution in [1.29, 1.82) is 0 Å². The molecule has 4 nitrogen and oxygen atoms in total. The highest BCUT2D eigenvalue weighted by Crippen LogP contribution is 2.25. The molecular weight excluding hydrogens is 310 g/mol. The molecule has 25 heavy (non-hydrogen) atoms. The van der Waals surface area contributed by atoms with Gasteiger partial charge in [-0.05, 0) is 48.5 Å². The van der Waals surface area contributed by atoms with Gasteiger partial charge in [0.05, 0.1) is 0 Å². The molecule has 0 N–H and O–H groups in total. The van der Waals surface area contributed by atoms with Crippen LogP contribution >= 0.6 is 0 Å². The molecule has 1 aliphatic heterocycles. The summed E-state index contributed by atoms with van der Waals surface area (Å²) in [5, 5.41) is 0. The minimum Gasteiger partial charge on any atom is -0.457 e. The van der Waals surface area contributed by atoms with E-state index in [1.807, 2.05) is 54.9 Å². The minimum atomic E-state index is 0.862. The van der Waals surface area contributed by atoms with Crippen molar-refractivity contribution in [2.24, 2.45) is 0 Å². The van der Waals surface area contributed by atoms with Crippen LogP contribution in [0.25, 0.3) is 0 Å². The fraction of sp³-hybridized carbons (Fsp3) is 0.190. The van der Waals surface area contributed by atoms with Crippen LogP contribution in [-0.4, -0.2) is 31.2 Å². The van der Waals surface area contributed by atoms with E-state index in [0.717, 1.165) is 37.7 Å². The maximum Gasteiger partial charge on any atom is 0.127 e. The van der Waals surface area contributed by atoms with Crippen LogP contribution in [0.2, 0.25) is 0 Å². The average molecular weight is 331 g/mol. The number of piperazine rings is 1. The summed E-state index contributed by atoms with van der Waals surface area (Å²) in [5.41, 5.74) is 2.50. The Hall–Kier alpha value is -3.01. The lowest BCUT2D eigenvalue weighted by Crippen LogP contribution is -2.46. The van der Waals surface area contributed by atoms with E-state index in [1.165, 1.54) is 11.4 Å². The highest BCUT2D eigenvalue weighted by molar-refractivity contribution is 5.53. The lowest BCUT2D eigenvalue weighted by Gasteiger charge is -2.37. The maximum atomic E-state index is 5.86. The molecule has 3 aromatic rings. The molecule has 0 aliphatic carbocycles. The van der Waals surface area contributed by atoms with Gasteiger partial charge in [-0.2, -0.15) is 0 Å². The zero-order valence-electron chi connectivity index (χ0n) is 14.1. The second-order valence-electron chi connectivity index (χ2n) is 6.09. The summed E-state index contributed by atoms with van der Waals surface area (Å²) in [6.07, 6.45) is 3.71. The molecule has 126 valence electrons. The standard InChI is InChI=1S/C21H21N3O/c1-2-4-20(5-3-1)25-21-8-6-18(7-9-21)23-14-16-24(17-15-23)19-10-12-22-13-11-19/h1-13H,14-17H2. The van der Waals surface area contributed by atoms with Crippen LogP contribution in [-0.2, 0) is 0 Å². The van der Waals surface area contributed by atoms with Gasteiger partial charge in [0.25, 0.3) is 0 Å². The third-order valence-corrected chi connectivity index (χ3v) is 4.49. The van der Waals surface area contributed by atoms with Crippen molar-refractivity contribution in [1.82, 2.24) is 4.98 Å². The minimum absolute atomic E-state index is 0.862. The molecule has 4 rings (SSSR count). The van der Waals surface area contributed by atoms with Crippen LogP contribution in [0.1, 0.15) is 0 Å². The number of aromatic nitrogens is 1. The van der Waals surface area contributed by atoms with Crippen LogP contribution in [0.4, 0.5) is 11.4 Å². The second kappa shape index (κ2) is 7.26. The molecule has 0 spiro atoms. The lowest BCUT2D eigenvalue weighted by atomic mass is 10.2. The third kappa shape index (κ3) is 3.74. The number of hydrogen-bond donors (Lipinski definition) is 0. The topological polar surface area (TPSA) is 28.6 Å². The molecule has 0 radical (unpaired) electrons. The third-order valence-electron chi connectivity index (χ3n) is 4.49. The van der Waals surface area contributed by atoms with Gasteiger partial charge in [0.15, 0.2) is 0 Å². The lowest BCUT2D eigenvalue weighted by molar-refractivity contribution is 0.482. The van der Waals surface area contributed by atoms with E-state index in [4.69, 9.17) is 4.74 Å². The zero-order chi connectivity index (χ0) is 16.9. The molecule has 0 unspecified atom stereocenters. The first kappa shape index (κ1) is 15.5. The number of pyridine rings is 1. The number of hydrogen-bond acceptors (Lipinski definition) is 4.